The Balaban J connectivity index is 1.65. The van der Waals surface area contributed by atoms with Gasteiger partial charge in [-0.1, -0.05) is 42.5 Å². The van der Waals surface area contributed by atoms with Crippen LogP contribution in [0.1, 0.15) is 38.2 Å². The predicted molar refractivity (Wildman–Crippen MR) is 93.2 cm³/mol. The van der Waals surface area contributed by atoms with Crippen molar-refractivity contribution < 1.29 is 9.53 Å². The lowest BCUT2D eigenvalue weighted by Crippen LogP contribution is -2.64. The number of nitrogens with zero attached hydrogens (tertiary/aromatic N) is 2. The molecular formula is C20H26N2O2. The minimum absolute atomic E-state index is 0.129. The van der Waals surface area contributed by atoms with E-state index in [2.05, 4.69) is 36.1 Å². The molecule has 0 bridgehead atoms. The van der Waals surface area contributed by atoms with Crippen molar-refractivity contribution >= 4 is 5.91 Å². The number of hydrogen-bond donors (Lipinski definition) is 0. The molecule has 3 aliphatic heterocycles. The summed E-state index contributed by atoms with van der Waals surface area (Å²) in [6.07, 6.45) is 8.04. The largest absolute Gasteiger partial charge is 0.355 e. The predicted octanol–water partition coefficient (Wildman–Crippen LogP) is 2.94. The minimum Gasteiger partial charge on any atom is -0.355 e. The highest BCUT2D eigenvalue weighted by atomic mass is 16.5. The van der Waals surface area contributed by atoms with Crippen molar-refractivity contribution in [3.63, 3.8) is 0 Å². The molecule has 3 saturated heterocycles. The van der Waals surface area contributed by atoms with Crippen molar-refractivity contribution in [2.75, 3.05) is 13.2 Å². The molecule has 1 aromatic carbocycles. The molecule has 1 aromatic rings. The maximum Gasteiger partial charge on any atom is 0.227 e. The number of amides is 1. The lowest BCUT2D eigenvalue weighted by Gasteiger charge is -2.50. The third-order valence-corrected chi connectivity index (χ3v) is 5.82. The second-order valence-electron chi connectivity index (χ2n) is 7.24. The third-order valence-electron chi connectivity index (χ3n) is 5.82. The number of carbonyl (C=O) groups is 1. The summed E-state index contributed by atoms with van der Waals surface area (Å²) >= 11 is 0. The van der Waals surface area contributed by atoms with Crippen LogP contribution in [-0.2, 0) is 16.1 Å². The van der Waals surface area contributed by atoms with Gasteiger partial charge >= 0.3 is 0 Å². The van der Waals surface area contributed by atoms with Crippen LogP contribution in [0.4, 0.5) is 0 Å². The molecule has 0 radical (unpaired) electrons. The Morgan fingerprint density at radius 3 is 2.96 bits per heavy atom. The molecule has 0 aliphatic carbocycles. The Hall–Kier alpha value is -1.65. The van der Waals surface area contributed by atoms with Crippen molar-refractivity contribution in [3.8, 4) is 0 Å². The molecule has 0 unspecified atom stereocenters. The summed E-state index contributed by atoms with van der Waals surface area (Å²) < 4.78 is 6.30. The summed E-state index contributed by atoms with van der Waals surface area (Å²) in [7, 11) is 0. The van der Waals surface area contributed by atoms with Gasteiger partial charge in [0.15, 0.2) is 6.23 Å². The van der Waals surface area contributed by atoms with Crippen LogP contribution in [0.25, 0.3) is 0 Å². The van der Waals surface area contributed by atoms with Crippen LogP contribution in [0.2, 0.25) is 0 Å². The number of rotatable bonds is 4. The van der Waals surface area contributed by atoms with Gasteiger partial charge in [-0.3, -0.25) is 9.69 Å². The van der Waals surface area contributed by atoms with E-state index in [1.54, 1.807) is 0 Å². The molecule has 3 fully saturated rings. The first-order chi connectivity index (χ1) is 11.7. The quantitative estimate of drug-likeness (QED) is 0.798. The van der Waals surface area contributed by atoms with Crippen molar-refractivity contribution in [1.82, 2.24) is 9.80 Å². The fourth-order valence-electron chi connectivity index (χ4n) is 4.72. The first kappa shape index (κ1) is 15.9. The van der Waals surface area contributed by atoms with Gasteiger partial charge in [-0.15, -0.1) is 0 Å². The molecule has 3 aliphatic rings. The zero-order valence-corrected chi connectivity index (χ0v) is 14.4. The highest BCUT2D eigenvalue weighted by Gasteiger charge is 2.59. The molecule has 0 aromatic heterocycles. The van der Waals surface area contributed by atoms with Crippen LogP contribution in [0, 0.1) is 0 Å². The summed E-state index contributed by atoms with van der Waals surface area (Å²) in [5.41, 5.74) is 0.984. The molecular weight excluding hydrogens is 300 g/mol. The van der Waals surface area contributed by atoms with Gasteiger partial charge in [-0.05, 0) is 38.3 Å². The van der Waals surface area contributed by atoms with Gasteiger partial charge < -0.3 is 9.64 Å². The minimum atomic E-state index is -0.183. The van der Waals surface area contributed by atoms with E-state index in [0.29, 0.717) is 19.0 Å². The normalized spacial score (nSPS) is 33.2. The summed E-state index contributed by atoms with van der Waals surface area (Å²) in [6, 6.07) is 10.7. The number of fused-ring (bicyclic) bond motifs is 3. The topological polar surface area (TPSA) is 32.8 Å². The summed E-state index contributed by atoms with van der Waals surface area (Å²) in [5.74, 6) is 0.223. The summed E-state index contributed by atoms with van der Waals surface area (Å²) in [6.45, 7) is 4.53. The van der Waals surface area contributed by atoms with Crippen LogP contribution >= 0.6 is 0 Å². The maximum atomic E-state index is 12.9. The molecule has 4 heteroatoms. The van der Waals surface area contributed by atoms with E-state index in [1.807, 2.05) is 23.1 Å². The molecule has 4 rings (SSSR count). The first-order valence-corrected chi connectivity index (χ1v) is 9.07. The number of likely N-dealkylation sites (tertiary alicyclic amines) is 1. The zero-order chi connectivity index (χ0) is 16.6. The molecule has 3 heterocycles. The second-order valence-corrected chi connectivity index (χ2v) is 7.24. The number of carbonyl (C=O) groups excluding carboxylic acids is 1. The maximum absolute atomic E-state index is 12.9. The van der Waals surface area contributed by atoms with Crippen molar-refractivity contribution in [3.05, 3.63) is 48.0 Å². The Bertz CT molecular complexity index is 630. The SMILES string of the molecule is C/C=C/C[C@@]12CC(=O)N(Cc3ccccc3)[C@@H]1OC[C@@H]1CCCN12. The monoisotopic (exact) mass is 326 g/mol. The first-order valence-electron chi connectivity index (χ1n) is 9.07. The van der Waals surface area contributed by atoms with E-state index in [1.165, 1.54) is 18.4 Å². The van der Waals surface area contributed by atoms with Crippen LogP contribution in [-0.4, -0.2) is 46.7 Å². The van der Waals surface area contributed by atoms with Crippen LogP contribution in [0.3, 0.4) is 0 Å². The van der Waals surface area contributed by atoms with Gasteiger partial charge in [0, 0.05) is 19.0 Å². The Morgan fingerprint density at radius 2 is 2.17 bits per heavy atom. The van der Waals surface area contributed by atoms with Gasteiger partial charge in [0.1, 0.15) is 0 Å². The number of allylic oxidation sites excluding steroid dienone is 1. The fourth-order valence-corrected chi connectivity index (χ4v) is 4.72. The third kappa shape index (κ3) is 2.49. The van der Waals surface area contributed by atoms with Gasteiger partial charge in [-0.2, -0.15) is 0 Å². The lowest BCUT2D eigenvalue weighted by atomic mass is 9.87. The van der Waals surface area contributed by atoms with Gasteiger partial charge in [0.05, 0.1) is 12.1 Å². The molecule has 24 heavy (non-hydrogen) atoms. The van der Waals surface area contributed by atoms with E-state index >= 15 is 0 Å². The molecule has 0 spiro atoms. The van der Waals surface area contributed by atoms with E-state index in [4.69, 9.17) is 4.74 Å². The van der Waals surface area contributed by atoms with E-state index in [-0.39, 0.29) is 17.7 Å². The van der Waals surface area contributed by atoms with Crippen LogP contribution in [0.15, 0.2) is 42.5 Å². The molecule has 0 saturated carbocycles. The van der Waals surface area contributed by atoms with Crippen LogP contribution in [0.5, 0.6) is 0 Å². The number of benzene rings is 1. The van der Waals surface area contributed by atoms with Gasteiger partial charge in [-0.25, -0.2) is 0 Å². The average molecular weight is 326 g/mol. The smallest absolute Gasteiger partial charge is 0.227 e. The van der Waals surface area contributed by atoms with E-state index < -0.39 is 0 Å². The number of ether oxygens (including phenoxy) is 1. The summed E-state index contributed by atoms with van der Waals surface area (Å²) in [4.78, 5) is 17.5. The lowest BCUT2D eigenvalue weighted by molar-refractivity contribution is -0.177. The molecule has 0 N–H and O–H groups in total. The molecule has 1 amide bonds. The van der Waals surface area contributed by atoms with Crippen molar-refractivity contribution in [1.29, 1.82) is 0 Å². The standard InChI is InChI=1S/C20H26N2O2/c1-2-3-11-20-13-18(23)21(14-16-8-5-4-6-9-16)19(20)24-15-17-10-7-12-22(17)20/h2-6,8-9,17,19H,7,10-15H2,1H3/b3-2+/t17-,19+,20+/m0/s1. The van der Waals surface area contributed by atoms with Gasteiger partial charge in [0.25, 0.3) is 0 Å². The van der Waals surface area contributed by atoms with E-state index in [9.17, 15) is 4.79 Å². The highest BCUT2D eigenvalue weighted by Crippen LogP contribution is 2.46. The average Bonchev–Trinajstić information content (AvgIpc) is 3.18. The van der Waals surface area contributed by atoms with Gasteiger partial charge in [0.2, 0.25) is 5.91 Å². The number of morpholine rings is 1. The number of hydrogen-bond acceptors (Lipinski definition) is 3. The molecule has 3 atom stereocenters. The Labute approximate surface area is 144 Å². The highest BCUT2D eigenvalue weighted by molar-refractivity contribution is 5.81. The second kappa shape index (κ2) is 6.34. The van der Waals surface area contributed by atoms with E-state index in [0.717, 1.165) is 19.6 Å². The zero-order valence-electron chi connectivity index (χ0n) is 14.4. The Morgan fingerprint density at radius 1 is 1.33 bits per heavy atom. The van der Waals surface area contributed by atoms with Crippen molar-refractivity contribution in [2.24, 2.45) is 0 Å². The molecule has 128 valence electrons. The van der Waals surface area contributed by atoms with Crippen LogP contribution < -0.4 is 0 Å². The Kier molecular flexibility index (Phi) is 4.19. The fraction of sp³-hybridized carbons (Fsp3) is 0.550. The summed E-state index contributed by atoms with van der Waals surface area (Å²) in [5, 5.41) is 0. The molecule has 4 nitrogen and oxygen atoms in total. The van der Waals surface area contributed by atoms with Crippen molar-refractivity contribution in [2.45, 2.75) is 57.0 Å².